The predicted molar refractivity (Wildman–Crippen MR) is 69.9 cm³/mol. The van der Waals surface area contributed by atoms with Gasteiger partial charge in [0.25, 0.3) is 0 Å². The van der Waals surface area contributed by atoms with Gasteiger partial charge in [-0.15, -0.1) is 0 Å². The van der Waals surface area contributed by atoms with Gasteiger partial charge in [-0.2, -0.15) is 0 Å². The van der Waals surface area contributed by atoms with Crippen molar-refractivity contribution in [2.45, 2.75) is 12.9 Å². The molecule has 7 nitrogen and oxygen atoms in total. The standard InChI is InChI=1S/C10H17BN4O3/c1-11(17)15-8(10(16)18-2)6-14-9-7(12)4-3-5-13-9/h3-5,8,15,17H,6,12H2,1-2H3,(H,13,14)/t8-/m0/s1. The molecule has 1 aromatic rings. The first-order chi connectivity index (χ1) is 8.54. The van der Waals surface area contributed by atoms with Gasteiger partial charge < -0.3 is 26.0 Å². The van der Waals surface area contributed by atoms with Crippen LogP contribution in [0.2, 0.25) is 6.82 Å². The molecule has 0 saturated heterocycles. The van der Waals surface area contributed by atoms with Crippen molar-refractivity contribution >= 4 is 24.5 Å². The van der Waals surface area contributed by atoms with E-state index in [0.717, 1.165) is 0 Å². The van der Waals surface area contributed by atoms with Crippen LogP contribution in [0.25, 0.3) is 0 Å². The lowest BCUT2D eigenvalue weighted by Gasteiger charge is -2.18. The smallest absolute Gasteiger partial charge is 0.374 e. The van der Waals surface area contributed by atoms with Gasteiger partial charge >= 0.3 is 13.0 Å². The molecule has 0 bridgehead atoms. The molecule has 98 valence electrons. The molecule has 8 heteroatoms. The number of hydrogen-bond donors (Lipinski definition) is 4. The second-order valence-corrected chi connectivity index (χ2v) is 3.74. The van der Waals surface area contributed by atoms with Crippen LogP contribution < -0.4 is 16.3 Å². The van der Waals surface area contributed by atoms with E-state index in [0.29, 0.717) is 11.5 Å². The van der Waals surface area contributed by atoms with Crippen molar-refractivity contribution in [3.05, 3.63) is 18.3 Å². The number of methoxy groups -OCH3 is 1. The summed E-state index contributed by atoms with van der Waals surface area (Å²) in [4.78, 5) is 15.5. The van der Waals surface area contributed by atoms with E-state index in [4.69, 9.17) is 5.73 Å². The first-order valence-corrected chi connectivity index (χ1v) is 5.51. The van der Waals surface area contributed by atoms with Crippen molar-refractivity contribution in [1.82, 2.24) is 10.2 Å². The number of nitrogen functional groups attached to an aromatic ring is 1. The molecule has 0 aliphatic rings. The number of nitrogens with zero attached hydrogens (tertiary/aromatic N) is 1. The molecule has 0 aliphatic heterocycles. The number of aromatic nitrogens is 1. The SMILES string of the molecule is COC(=O)[C@H](CNc1ncccc1N)NB(C)O. The molecule has 1 rings (SSSR count). The third-order valence-corrected chi connectivity index (χ3v) is 2.24. The largest absolute Gasteiger partial charge is 0.468 e. The number of hydrogen-bond acceptors (Lipinski definition) is 7. The molecule has 0 saturated carbocycles. The summed E-state index contributed by atoms with van der Waals surface area (Å²) in [5.41, 5.74) is 6.19. The number of nitrogens with one attached hydrogen (secondary N) is 2. The summed E-state index contributed by atoms with van der Waals surface area (Å²) in [6.45, 7) is 1.73. The minimum absolute atomic E-state index is 0.207. The number of esters is 1. The molecular formula is C10H17BN4O3. The highest BCUT2D eigenvalue weighted by Gasteiger charge is 2.22. The van der Waals surface area contributed by atoms with Crippen LogP contribution in [-0.4, -0.2) is 42.7 Å². The molecule has 0 amide bonds. The van der Waals surface area contributed by atoms with Gasteiger partial charge in [-0.25, -0.2) is 4.98 Å². The van der Waals surface area contributed by atoms with Crippen molar-refractivity contribution < 1.29 is 14.6 Å². The molecule has 1 atom stereocenters. The molecule has 1 heterocycles. The van der Waals surface area contributed by atoms with Gasteiger partial charge in [-0.1, -0.05) is 0 Å². The Labute approximate surface area is 106 Å². The van der Waals surface area contributed by atoms with Crippen LogP contribution in [0.3, 0.4) is 0 Å². The average molecular weight is 252 g/mol. The fraction of sp³-hybridized carbons (Fsp3) is 0.400. The maximum absolute atomic E-state index is 11.5. The summed E-state index contributed by atoms with van der Waals surface area (Å²) in [6, 6.07) is 2.73. The van der Waals surface area contributed by atoms with Crippen LogP contribution >= 0.6 is 0 Å². The Morgan fingerprint density at radius 3 is 3.00 bits per heavy atom. The van der Waals surface area contributed by atoms with Crippen LogP contribution in [0, 0.1) is 0 Å². The number of rotatable bonds is 6. The average Bonchev–Trinajstić information content (AvgIpc) is 2.34. The van der Waals surface area contributed by atoms with E-state index < -0.39 is 19.1 Å². The highest BCUT2D eigenvalue weighted by Crippen LogP contribution is 2.12. The van der Waals surface area contributed by atoms with Gasteiger partial charge in [-0.05, 0) is 19.0 Å². The summed E-state index contributed by atoms with van der Waals surface area (Å²) in [5.74, 6) is 0.0108. The molecule has 0 fully saturated rings. The summed E-state index contributed by atoms with van der Waals surface area (Å²) >= 11 is 0. The number of ether oxygens (including phenoxy) is 1. The zero-order valence-corrected chi connectivity index (χ0v) is 10.4. The van der Waals surface area contributed by atoms with Crippen molar-refractivity contribution in [2.24, 2.45) is 0 Å². The number of pyridine rings is 1. The summed E-state index contributed by atoms with van der Waals surface area (Å²) in [5, 5.41) is 14.8. The quantitative estimate of drug-likeness (QED) is 0.392. The molecule has 1 aromatic heterocycles. The zero-order chi connectivity index (χ0) is 13.5. The highest BCUT2D eigenvalue weighted by molar-refractivity contribution is 6.46. The summed E-state index contributed by atoms with van der Waals surface area (Å²) < 4.78 is 4.63. The van der Waals surface area contributed by atoms with Crippen molar-refractivity contribution in [1.29, 1.82) is 0 Å². The topological polar surface area (TPSA) is 110 Å². The maximum atomic E-state index is 11.5. The number of anilines is 2. The van der Waals surface area contributed by atoms with Gasteiger partial charge in [0.2, 0.25) is 0 Å². The predicted octanol–water partition coefficient (Wildman–Crippen LogP) is -0.683. The van der Waals surface area contributed by atoms with Gasteiger partial charge in [0, 0.05) is 12.7 Å². The lowest BCUT2D eigenvalue weighted by molar-refractivity contribution is -0.142. The fourth-order valence-electron chi connectivity index (χ4n) is 1.41. The molecule has 0 aromatic carbocycles. The monoisotopic (exact) mass is 252 g/mol. The van der Waals surface area contributed by atoms with Gasteiger partial charge in [-0.3, -0.25) is 4.79 Å². The number of nitrogens with two attached hydrogens (primary N) is 1. The van der Waals surface area contributed by atoms with E-state index in [1.165, 1.54) is 13.9 Å². The van der Waals surface area contributed by atoms with E-state index in [1.54, 1.807) is 18.3 Å². The summed E-state index contributed by atoms with van der Waals surface area (Å²) in [6.07, 6.45) is 1.59. The van der Waals surface area contributed by atoms with Crippen LogP contribution in [0.1, 0.15) is 0 Å². The number of carbonyl (C=O) groups excluding carboxylic acids is 1. The maximum Gasteiger partial charge on any atom is 0.374 e. The molecule has 18 heavy (non-hydrogen) atoms. The molecular weight excluding hydrogens is 235 g/mol. The lowest BCUT2D eigenvalue weighted by Crippen LogP contribution is -2.49. The Morgan fingerprint density at radius 2 is 2.44 bits per heavy atom. The van der Waals surface area contributed by atoms with Gasteiger partial charge in [0.15, 0.2) is 0 Å². The first kappa shape index (κ1) is 14.3. The second kappa shape index (κ2) is 6.82. The van der Waals surface area contributed by atoms with Crippen molar-refractivity contribution in [3.8, 4) is 0 Å². The highest BCUT2D eigenvalue weighted by atomic mass is 16.5. The lowest BCUT2D eigenvalue weighted by atomic mass is 9.87. The minimum atomic E-state index is -0.822. The Morgan fingerprint density at radius 1 is 1.72 bits per heavy atom. The molecule has 0 radical (unpaired) electrons. The van der Waals surface area contributed by atoms with E-state index in [-0.39, 0.29) is 6.54 Å². The van der Waals surface area contributed by atoms with E-state index in [9.17, 15) is 9.82 Å². The Kier molecular flexibility index (Phi) is 5.41. The Bertz CT molecular complexity index is 402. The molecule has 0 unspecified atom stereocenters. The molecule has 0 aliphatic carbocycles. The zero-order valence-electron chi connectivity index (χ0n) is 10.4. The third-order valence-electron chi connectivity index (χ3n) is 2.24. The van der Waals surface area contributed by atoms with Crippen molar-refractivity contribution in [2.75, 3.05) is 24.7 Å². The normalized spacial score (nSPS) is 11.7. The Hall–Kier alpha value is -1.80. The second-order valence-electron chi connectivity index (χ2n) is 3.74. The third kappa shape index (κ3) is 4.23. The van der Waals surface area contributed by atoms with Crippen molar-refractivity contribution in [3.63, 3.8) is 0 Å². The van der Waals surface area contributed by atoms with Crippen LogP contribution in [0.15, 0.2) is 18.3 Å². The fourth-order valence-corrected chi connectivity index (χ4v) is 1.41. The minimum Gasteiger partial charge on any atom is -0.468 e. The van der Waals surface area contributed by atoms with Gasteiger partial charge in [0.05, 0.1) is 12.8 Å². The van der Waals surface area contributed by atoms with Crippen LogP contribution in [0.5, 0.6) is 0 Å². The van der Waals surface area contributed by atoms with E-state index in [2.05, 4.69) is 20.3 Å². The Balaban J connectivity index is 2.62. The van der Waals surface area contributed by atoms with Crippen LogP contribution in [-0.2, 0) is 9.53 Å². The molecule has 5 N–H and O–H groups in total. The summed E-state index contributed by atoms with van der Waals surface area (Å²) in [7, 11) is 0.464. The van der Waals surface area contributed by atoms with Gasteiger partial charge in [0.1, 0.15) is 11.9 Å². The number of carbonyl (C=O) groups is 1. The van der Waals surface area contributed by atoms with Crippen LogP contribution in [0.4, 0.5) is 11.5 Å². The molecule has 0 spiro atoms. The van der Waals surface area contributed by atoms with E-state index >= 15 is 0 Å². The van der Waals surface area contributed by atoms with E-state index in [1.807, 2.05) is 0 Å². The first-order valence-electron chi connectivity index (χ1n) is 5.51.